The normalized spacial score (nSPS) is 9.74. The van der Waals surface area contributed by atoms with Crippen molar-refractivity contribution in [1.82, 2.24) is 0 Å². The number of carbonyl (C=O) groups excluding carboxylic acids is 1. The quantitative estimate of drug-likeness (QED) is 0.699. The third-order valence-corrected chi connectivity index (χ3v) is 2.85. The zero-order chi connectivity index (χ0) is 14.3. The lowest BCUT2D eigenvalue weighted by Gasteiger charge is -2.07. The molecule has 0 aromatic heterocycles. The van der Waals surface area contributed by atoms with Crippen molar-refractivity contribution in [2.75, 3.05) is 0 Å². The van der Waals surface area contributed by atoms with Crippen LogP contribution in [0.1, 0.15) is 55.1 Å². The molecule has 0 N–H and O–H groups in total. The van der Waals surface area contributed by atoms with E-state index in [1.807, 2.05) is 62.4 Å². The van der Waals surface area contributed by atoms with Crippen molar-refractivity contribution in [3.8, 4) is 0 Å². The Balaban J connectivity index is 0.000000861. The van der Waals surface area contributed by atoms with Gasteiger partial charge >= 0.3 is 0 Å². The van der Waals surface area contributed by atoms with Gasteiger partial charge in [0.1, 0.15) is 0 Å². The second-order valence-corrected chi connectivity index (χ2v) is 4.48. The number of ketones is 1. The Kier molecular flexibility index (Phi) is 6.01. The van der Waals surface area contributed by atoms with Crippen molar-refractivity contribution >= 4 is 5.78 Å². The fourth-order valence-corrected chi connectivity index (χ4v) is 1.80. The summed E-state index contributed by atoms with van der Waals surface area (Å²) in [6.45, 7) is 8.26. The Labute approximate surface area is 116 Å². The average molecular weight is 254 g/mol. The van der Waals surface area contributed by atoms with Gasteiger partial charge < -0.3 is 0 Å². The second kappa shape index (κ2) is 7.52. The van der Waals surface area contributed by atoms with Gasteiger partial charge in [0.25, 0.3) is 0 Å². The Morgan fingerprint density at radius 1 is 0.842 bits per heavy atom. The van der Waals surface area contributed by atoms with Crippen molar-refractivity contribution in [2.45, 2.75) is 33.6 Å². The van der Waals surface area contributed by atoms with Gasteiger partial charge in [-0.1, -0.05) is 76.2 Å². The maximum absolute atomic E-state index is 12.2. The molecule has 0 atom stereocenters. The first kappa shape index (κ1) is 15.2. The molecule has 0 fully saturated rings. The number of benzene rings is 2. The van der Waals surface area contributed by atoms with E-state index in [1.165, 1.54) is 5.56 Å². The van der Waals surface area contributed by atoms with Gasteiger partial charge in [0, 0.05) is 11.1 Å². The maximum Gasteiger partial charge on any atom is 0.193 e. The van der Waals surface area contributed by atoms with Crippen LogP contribution in [0.15, 0.2) is 54.6 Å². The summed E-state index contributed by atoms with van der Waals surface area (Å²) in [5.41, 5.74) is 2.71. The summed E-state index contributed by atoms with van der Waals surface area (Å²) >= 11 is 0. The number of hydrogen-bond donors (Lipinski definition) is 0. The second-order valence-electron chi connectivity index (χ2n) is 4.48. The lowest BCUT2D eigenvalue weighted by atomic mass is 9.97. The molecule has 0 aliphatic heterocycles. The Morgan fingerprint density at radius 3 is 2.00 bits per heavy atom. The summed E-state index contributed by atoms with van der Waals surface area (Å²) < 4.78 is 0. The molecule has 0 saturated heterocycles. The highest BCUT2D eigenvalue weighted by Gasteiger charge is 2.09. The molecule has 2 rings (SSSR count). The Hall–Kier alpha value is -1.89. The van der Waals surface area contributed by atoms with Gasteiger partial charge in [0.05, 0.1) is 0 Å². The van der Waals surface area contributed by atoms with Crippen LogP contribution in [-0.4, -0.2) is 5.78 Å². The zero-order valence-corrected chi connectivity index (χ0v) is 12.2. The van der Waals surface area contributed by atoms with Gasteiger partial charge in [-0.15, -0.1) is 0 Å². The molecule has 2 aromatic carbocycles. The number of hydrogen-bond acceptors (Lipinski definition) is 1. The van der Waals surface area contributed by atoms with Crippen LogP contribution in [0.4, 0.5) is 0 Å². The van der Waals surface area contributed by atoms with Crippen LogP contribution < -0.4 is 0 Å². The largest absolute Gasteiger partial charge is 0.289 e. The first-order valence-corrected chi connectivity index (χ1v) is 6.88. The standard InChI is InChI=1S/C16H16O.C2H6/c1-12(2)14-9-6-10-15(11-14)16(17)13-7-4-3-5-8-13;1-2/h3-12H,1-2H3;1-2H3. The first-order chi connectivity index (χ1) is 9.18. The topological polar surface area (TPSA) is 17.1 Å². The third-order valence-electron chi connectivity index (χ3n) is 2.85. The van der Waals surface area contributed by atoms with Crippen LogP contribution >= 0.6 is 0 Å². The van der Waals surface area contributed by atoms with E-state index in [1.54, 1.807) is 0 Å². The summed E-state index contributed by atoms with van der Waals surface area (Å²) in [5.74, 6) is 0.534. The van der Waals surface area contributed by atoms with Gasteiger partial charge in [-0.2, -0.15) is 0 Å². The molecule has 19 heavy (non-hydrogen) atoms. The van der Waals surface area contributed by atoms with Crippen LogP contribution in [-0.2, 0) is 0 Å². The number of carbonyl (C=O) groups is 1. The van der Waals surface area contributed by atoms with E-state index in [-0.39, 0.29) is 5.78 Å². The van der Waals surface area contributed by atoms with Crippen molar-refractivity contribution < 1.29 is 4.79 Å². The van der Waals surface area contributed by atoms with Crippen molar-refractivity contribution in [3.05, 3.63) is 71.3 Å². The van der Waals surface area contributed by atoms with E-state index < -0.39 is 0 Å². The molecule has 0 aliphatic carbocycles. The van der Waals surface area contributed by atoms with E-state index in [2.05, 4.69) is 19.9 Å². The van der Waals surface area contributed by atoms with Crippen LogP contribution in [0.2, 0.25) is 0 Å². The molecule has 0 radical (unpaired) electrons. The monoisotopic (exact) mass is 254 g/mol. The summed E-state index contributed by atoms with van der Waals surface area (Å²) in [6, 6.07) is 17.3. The van der Waals surface area contributed by atoms with E-state index in [9.17, 15) is 4.79 Å². The van der Waals surface area contributed by atoms with Gasteiger partial charge in [-0.25, -0.2) is 0 Å². The van der Waals surface area contributed by atoms with Gasteiger partial charge in [-0.05, 0) is 17.5 Å². The summed E-state index contributed by atoms with van der Waals surface area (Å²) in [6.07, 6.45) is 0. The van der Waals surface area contributed by atoms with Crippen LogP contribution in [0, 0.1) is 0 Å². The third kappa shape index (κ3) is 4.06. The first-order valence-electron chi connectivity index (χ1n) is 6.88. The molecule has 1 heteroatoms. The van der Waals surface area contributed by atoms with E-state index >= 15 is 0 Å². The lowest BCUT2D eigenvalue weighted by Crippen LogP contribution is -2.02. The molecule has 0 heterocycles. The fourth-order valence-electron chi connectivity index (χ4n) is 1.80. The highest BCUT2D eigenvalue weighted by atomic mass is 16.1. The average Bonchev–Trinajstić information content (AvgIpc) is 2.49. The van der Waals surface area contributed by atoms with Crippen molar-refractivity contribution in [3.63, 3.8) is 0 Å². The van der Waals surface area contributed by atoms with Crippen molar-refractivity contribution in [2.24, 2.45) is 0 Å². The zero-order valence-electron chi connectivity index (χ0n) is 12.2. The number of rotatable bonds is 3. The minimum absolute atomic E-state index is 0.0908. The minimum Gasteiger partial charge on any atom is -0.289 e. The lowest BCUT2D eigenvalue weighted by molar-refractivity contribution is 0.103. The molecule has 2 aromatic rings. The molecule has 0 bridgehead atoms. The summed E-state index contributed by atoms with van der Waals surface area (Å²) in [4.78, 5) is 12.2. The molecular formula is C18H22O. The smallest absolute Gasteiger partial charge is 0.193 e. The summed E-state index contributed by atoms with van der Waals surface area (Å²) in [5, 5.41) is 0. The van der Waals surface area contributed by atoms with E-state index in [0.29, 0.717) is 5.92 Å². The molecule has 0 unspecified atom stereocenters. The minimum atomic E-state index is 0.0908. The molecule has 0 spiro atoms. The van der Waals surface area contributed by atoms with Crippen LogP contribution in [0.25, 0.3) is 0 Å². The van der Waals surface area contributed by atoms with Crippen molar-refractivity contribution in [1.29, 1.82) is 0 Å². The molecule has 1 nitrogen and oxygen atoms in total. The van der Waals surface area contributed by atoms with Gasteiger partial charge in [0.15, 0.2) is 5.78 Å². The highest BCUT2D eigenvalue weighted by molar-refractivity contribution is 6.09. The summed E-state index contributed by atoms with van der Waals surface area (Å²) in [7, 11) is 0. The molecular weight excluding hydrogens is 232 g/mol. The van der Waals surface area contributed by atoms with E-state index in [4.69, 9.17) is 0 Å². The van der Waals surface area contributed by atoms with Crippen LogP contribution in [0.3, 0.4) is 0 Å². The predicted octanol–water partition coefficient (Wildman–Crippen LogP) is 5.07. The molecule has 0 saturated carbocycles. The molecule has 100 valence electrons. The SMILES string of the molecule is CC.CC(C)c1cccc(C(=O)c2ccccc2)c1. The maximum atomic E-state index is 12.2. The van der Waals surface area contributed by atoms with Gasteiger partial charge in [-0.3, -0.25) is 4.79 Å². The highest BCUT2D eigenvalue weighted by Crippen LogP contribution is 2.17. The van der Waals surface area contributed by atoms with E-state index in [0.717, 1.165) is 11.1 Å². The fraction of sp³-hybridized carbons (Fsp3) is 0.278. The Bertz CT molecular complexity index is 512. The molecule has 0 amide bonds. The Morgan fingerprint density at radius 2 is 1.42 bits per heavy atom. The van der Waals surface area contributed by atoms with Gasteiger partial charge in [0.2, 0.25) is 0 Å². The van der Waals surface area contributed by atoms with Crippen LogP contribution in [0.5, 0.6) is 0 Å². The molecule has 0 aliphatic rings. The predicted molar refractivity (Wildman–Crippen MR) is 81.8 cm³/mol.